The van der Waals surface area contributed by atoms with Gasteiger partial charge in [-0.3, -0.25) is 9.78 Å². The van der Waals surface area contributed by atoms with Crippen LogP contribution in [0.5, 0.6) is 0 Å². The molecule has 0 fully saturated rings. The Balaban J connectivity index is 2.90. The van der Waals surface area contributed by atoms with Crippen molar-refractivity contribution >= 4 is 6.29 Å². The molecule has 10 heavy (non-hydrogen) atoms. The summed E-state index contributed by atoms with van der Waals surface area (Å²) in [6.07, 6.45) is 3.53. The lowest BCUT2D eigenvalue weighted by molar-refractivity contribution is 0.111. The highest BCUT2D eigenvalue weighted by Gasteiger charge is 1.91. The smallest absolute Gasteiger partial charge is 0.170 e. The number of aldehydes is 1. The van der Waals surface area contributed by atoms with Crippen LogP contribution in [0.15, 0.2) is 12.4 Å². The van der Waals surface area contributed by atoms with E-state index >= 15 is 0 Å². The van der Waals surface area contributed by atoms with Gasteiger partial charge < -0.3 is 5.73 Å². The van der Waals surface area contributed by atoms with Crippen LogP contribution in [0.2, 0.25) is 0 Å². The maximum Gasteiger partial charge on any atom is 0.170 e. The molecule has 0 saturated carbocycles. The minimum Gasteiger partial charge on any atom is -0.325 e. The van der Waals surface area contributed by atoms with Crippen LogP contribution in [0.25, 0.3) is 0 Å². The van der Waals surface area contributed by atoms with Gasteiger partial charge in [-0.15, -0.1) is 0 Å². The summed E-state index contributed by atoms with van der Waals surface area (Å²) in [7, 11) is 0. The van der Waals surface area contributed by atoms with Gasteiger partial charge in [0.25, 0.3) is 0 Å². The molecule has 0 aromatic carbocycles. The Morgan fingerprint density at radius 2 is 2.30 bits per heavy atom. The van der Waals surface area contributed by atoms with Crippen molar-refractivity contribution in [2.45, 2.75) is 6.54 Å². The maximum atomic E-state index is 10.1. The summed E-state index contributed by atoms with van der Waals surface area (Å²) in [5, 5.41) is 0. The van der Waals surface area contributed by atoms with Crippen LogP contribution in [-0.2, 0) is 6.54 Å². The number of rotatable bonds is 2. The highest BCUT2D eigenvalue weighted by atomic mass is 16.1. The molecule has 2 N–H and O–H groups in total. The second kappa shape index (κ2) is 3.03. The fourth-order valence-corrected chi connectivity index (χ4v) is 0.531. The van der Waals surface area contributed by atoms with E-state index in [1.54, 1.807) is 0 Å². The number of hydrogen-bond acceptors (Lipinski definition) is 4. The summed E-state index contributed by atoms with van der Waals surface area (Å²) in [5.74, 6) is 0. The number of nitrogens with zero attached hydrogens (tertiary/aromatic N) is 2. The molecule has 0 amide bonds. The van der Waals surface area contributed by atoms with E-state index < -0.39 is 0 Å². The lowest BCUT2D eigenvalue weighted by Crippen LogP contribution is -2.01. The van der Waals surface area contributed by atoms with Crippen LogP contribution in [0.3, 0.4) is 0 Å². The van der Waals surface area contributed by atoms with Gasteiger partial charge in [0.2, 0.25) is 0 Å². The molecule has 1 aromatic heterocycles. The fraction of sp³-hybridized carbons (Fsp3) is 0.167. The molecule has 0 atom stereocenters. The van der Waals surface area contributed by atoms with Crippen molar-refractivity contribution in [1.82, 2.24) is 9.97 Å². The second-order valence-electron chi connectivity index (χ2n) is 1.75. The number of hydrogen-bond donors (Lipinski definition) is 1. The van der Waals surface area contributed by atoms with Crippen molar-refractivity contribution in [2.75, 3.05) is 0 Å². The topological polar surface area (TPSA) is 68.9 Å². The first kappa shape index (κ1) is 6.82. The van der Waals surface area contributed by atoms with E-state index in [4.69, 9.17) is 5.73 Å². The highest BCUT2D eigenvalue weighted by Crippen LogP contribution is 1.90. The van der Waals surface area contributed by atoms with Crippen LogP contribution in [0.1, 0.15) is 16.2 Å². The first-order chi connectivity index (χ1) is 4.86. The molecule has 0 aliphatic carbocycles. The summed E-state index contributed by atoms with van der Waals surface area (Å²) in [4.78, 5) is 17.7. The molecule has 0 spiro atoms. The summed E-state index contributed by atoms with van der Waals surface area (Å²) in [6, 6.07) is 0. The lowest BCUT2D eigenvalue weighted by atomic mass is 10.4. The van der Waals surface area contributed by atoms with Crippen LogP contribution >= 0.6 is 0 Å². The molecule has 4 heteroatoms. The van der Waals surface area contributed by atoms with Gasteiger partial charge in [0, 0.05) is 6.54 Å². The molecule has 1 aromatic rings. The SMILES string of the molecule is NCc1cnc(C=O)cn1. The average Bonchev–Trinajstić information content (AvgIpc) is 2.05. The summed E-state index contributed by atoms with van der Waals surface area (Å²) >= 11 is 0. The molecule has 52 valence electrons. The first-order valence-corrected chi connectivity index (χ1v) is 2.83. The van der Waals surface area contributed by atoms with Gasteiger partial charge in [0.05, 0.1) is 18.1 Å². The summed E-state index contributed by atoms with van der Waals surface area (Å²) in [6.45, 7) is 0.353. The fourth-order valence-electron chi connectivity index (χ4n) is 0.531. The number of nitrogens with two attached hydrogens (primary N) is 1. The molecule has 0 unspecified atom stereocenters. The third kappa shape index (κ3) is 1.35. The van der Waals surface area contributed by atoms with Gasteiger partial charge in [0.1, 0.15) is 5.69 Å². The zero-order valence-electron chi connectivity index (χ0n) is 5.32. The van der Waals surface area contributed by atoms with Crippen molar-refractivity contribution in [1.29, 1.82) is 0 Å². The van der Waals surface area contributed by atoms with Crippen molar-refractivity contribution < 1.29 is 4.79 Å². The minimum absolute atomic E-state index is 0.331. The third-order valence-electron chi connectivity index (χ3n) is 1.06. The van der Waals surface area contributed by atoms with Crippen LogP contribution in [0, 0.1) is 0 Å². The number of aromatic nitrogens is 2. The quantitative estimate of drug-likeness (QED) is 0.570. The standard InChI is InChI=1S/C6H7N3O/c7-1-5-2-9-6(4-10)3-8-5/h2-4H,1,7H2. The van der Waals surface area contributed by atoms with E-state index in [2.05, 4.69) is 9.97 Å². The molecule has 0 radical (unpaired) electrons. The van der Waals surface area contributed by atoms with E-state index in [-0.39, 0.29) is 0 Å². The van der Waals surface area contributed by atoms with Gasteiger partial charge >= 0.3 is 0 Å². The largest absolute Gasteiger partial charge is 0.325 e. The Morgan fingerprint density at radius 1 is 1.50 bits per heavy atom. The van der Waals surface area contributed by atoms with Crippen molar-refractivity contribution in [3.63, 3.8) is 0 Å². The van der Waals surface area contributed by atoms with E-state index in [1.807, 2.05) is 0 Å². The van der Waals surface area contributed by atoms with E-state index in [1.165, 1.54) is 12.4 Å². The summed E-state index contributed by atoms with van der Waals surface area (Å²) in [5.41, 5.74) is 6.27. The Kier molecular flexibility index (Phi) is 2.07. The highest BCUT2D eigenvalue weighted by molar-refractivity contribution is 5.70. The zero-order chi connectivity index (χ0) is 7.40. The Morgan fingerprint density at radius 3 is 2.70 bits per heavy atom. The predicted molar refractivity (Wildman–Crippen MR) is 35.3 cm³/mol. The second-order valence-corrected chi connectivity index (χ2v) is 1.75. The lowest BCUT2D eigenvalue weighted by Gasteiger charge is -1.92. The van der Waals surface area contributed by atoms with Crippen LogP contribution in [-0.4, -0.2) is 16.3 Å². The predicted octanol–water partition coefficient (Wildman–Crippen LogP) is -0.252. The zero-order valence-corrected chi connectivity index (χ0v) is 5.32. The molecule has 0 saturated heterocycles. The van der Waals surface area contributed by atoms with Gasteiger partial charge in [-0.05, 0) is 0 Å². The molecule has 0 aliphatic rings. The Hall–Kier alpha value is -1.29. The maximum absolute atomic E-state index is 10.1. The Bertz CT molecular complexity index is 219. The van der Waals surface area contributed by atoms with Crippen LogP contribution < -0.4 is 5.73 Å². The molecule has 1 rings (SSSR count). The molecule has 0 bridgehead atoms. The third-order valence-corrected chi connectivity index (χ3v) is 1.06. The van der Waals surface area contributed by atoms with Crippen molar-refractivity contribution in [3.8, 4) is 0 Å². The van der Waals surface area contributed by atoms with E-state index in [0.29, 0.717) is 24.2 Å². The molecule has 0 aliphatic heterocycles. The van der Waals surface area contributed by atoms with Crippen molar-refractivity contribution in [3.05, 3.63) is 23.8 Å². The first-order valence-electron chi connectivity index (χ1n) is 2.83. The normalized spacial score (nSPS) is 9.30. The van der Waals surface area contributed by atoms with E-state index in [0.717, 1.165) is 0 Å². The van der Waals surface area contributed by atoms with Crippen molar-refractivity contribution in [2.24, 2.45) is 5.73 Å². The van der Waals surface area contributed by atoms with Gasteiger partial charge in [0.15, 0.2) is 6.29 Å². The average molecular weight is 137 g/mol. The van der Waals surface area contributed by atoms with Gasteiger partial charge in [-0.1, -0.05) is 0 Å². The van der Waals surface area contributed by atoms with Crippen LogP contribution in [0.4, 0.5) is 0 Å². The van der Waals surface area contributed by atoms with Gasteiger partial charge in [-0.2, -0.15) is 0 Å². The summed E-state index contributed by atoms with van der Waals surface area (Å²) < 4.78 is 0. The molecular weight excluding hydrogens is 130 g/mol. The number of carbonyl (C=O) groups excluding carboxylic acids is 1. The number of carbonyl (C=O) groups is 1. The minimum atomic E-state index is 0.331. The Labute approximate surface area is 58.1 Å². The monoisotopic (exact) mass is 137 g/mol. The molecular formula is C6H7N3O. The van der Waals surface area contributed by atoms with E-state index in [9.17, 15) is 4.79 Å². The molecule has 4 nitrogen and oxygen atoms in total. The van der Waals surface area contributed by atoms with Gasteiger partial charge in [-0.25, -0.2) is 4.98 Å². The molecule has 1 heterocycles.